The second-order valence-electron chi connectivity index (χ2n) is 4.46. The van der Waals surface area contributed by atoms with Crippen molar-refractivity contribution in [2.45, 2.75) is 42.5 Å². The summed E-state index contributed by atoms with van der Waals surface area (Å²) >= 11 is 2.01. The number of carbonyl (C=O) groups excluding carboxylic acids is 1. The Labute approximate surface area is 104 Å². The Morgan fingerprint density at radius 2 is 1.93 bits per heavy atom. The van der Waals surface area contributed by atoms with Crippen molar-refractivity contribution in [3.8, 4) is 0 Å². The monoisotopic (exact) mass is 350 g/mol. The molecule has 0 bridgehead atoms. The molecular formula is C9H17F2IO2Si. The Morgan fingerprint density at radius 3 is 2.27 bits per heavy atom. The van der Waals surface area contributed by atoms with E-state index in [-0.39, 0.29) is 10.2 Å². The van der Waals surface area contributed by atoms with Crippen LogP contribution in [0.1, 0.15) is 13.3 Å². The van der Waals surface area contributed by atoms with Crippen LogP contribution in [0.4, 0.5) is 8.78 Å². The molecule has 0 saturated carbocycles. The average molecular weight is 350 g/mol. The van der Waals surface area contributed by atoms with Crippen LogP contribution >= 0.6 is 22.6 Å². The topological polar surface area (TPSA) is 26.3 Å². The molecule has 90 valence electrons. The molecule has 1 unspecified atom stereocenters. The Morgan fingerprint density at radius 1 is 1.47 bits per heavy atom. The van der Waals surface area contributed by atoms with Gasteiger partial charge in [0.05, 0.1) is 14.7 Å². The van der Waals surface area contributed by atoms with Crippen LogP contribution in [0.15, 0.2) is 0 Å². The Hall–Kier alpha value is 0.277. The highest BCUT2D eigenvalue weighted by molar-refractivity contribution is 14.1. The van der Waals surface area contributed by atoms with E-state index < -0.39 is 26.4 Å². The normalized spacial score (nSPS) is 14.9. The molecule has 0 fully saturated rings. The summed E-state index contributed by atoms with van der Waals surface area (Å²) in [6.45, 7) is 7.53. The number of halogens is 3. The predicted molar refractivity (Wildman–Crippen MR) is 67.4 cm³/mol. The van der Waals surface area contributed by atoms with Crippen molar-refractivity contribution in [2.75, 3.05) is 6.61 Å². The molecule has 0 aliphatic heterocycles. The van der Waals surface area contributed by atoms with Gasteiger partial charge in [-0.05, 0) is 6.92 Å². The third-order valence-corrected chi connectivity index (χ3v) is 10.1. The van der Waals surface area contributed by atoms with E-state index >= 15 is 0 Å². The first kappa shape index (κ1) is 15.3. The van der Waals surface area contributed by atoms with Crippen molar-refractivity contribution < 1.29 is 18.3 Å². The third-order valence-electron chi connectivity index (χ3n) is 1.95. The van der Waals surface area contributed by atoms with Crippen molar-refractivity contribution in [1.29, 1.82) is 0 Å². The molecule has 0 aromatic rings. The lowest BCUT2D eigenvalue weighted by Gasteiger charge is -2.26. The van der Waals surface area contributed by atoms with Gasteiger partial charge in [0.2, 0.25) is 0 Å². The first-order chi connectivity index (χ1) is 6.61. The number of hydrogen-bond donors (Lipinski definition) is 0. The van der Waals surface area contributed by atoms with E-state index in [1.165, 1.54) is 6.92 Å². The number of carbonyl (C=O) groups is 1. The van der Waals surface area contributed by atoms with Crippen LogP contribution < -0.4 is 0 Å². The van der Waals surface area contributed by atoms with Crippen molar-refractivity contribution >= 4 is 36.6 Å². The summed E-state index contributed by atoms with van der Waals surface area (Å²) in [5.41, 5.74) is 0. The summed E-state index contributed by atoms with van der Waals surface area (Å²) in [6.07, 6.45) is -0.415. The molecule has 2 nitrogen and oxygen atoms in total. The molecular weight excluding hydrogens is 333 g/mol. The zero-order valence-corrected chi connectivity index (χ0v) is 12.6. The van der Waals surface area contributed by atoms with E-state index in [9.17, 15) is 13.6 Å². The van der Waals surface area contributed by atoms with Crippen LogP contribution in [0, 0.1) is 0 Å². The molecule has 0 heterocycles. The van der Waals surface area contributed by atoms with Crippen LogP contribution in [0.3, 0.4) is 0 Å². The van der Waals surface area contributed by atoms with Gasteiger partial charge in [0.15, 0.2) is 0 Å². The zero-order valence-electron chi connectivity index (χ0n) is 9.44. The SMILES string of the molecule is CCOC(=O)C(F)(F)CC(I)[Si](C)(C)C. The van der Waals surface area contributed by atoms with Crippen LogP contribution in [-0.2, 0) is 9.53 Å². The molecule has 0 aliphatic carbocycles. The largest absolute Gasteiger partial charge is 0.462 e. The Kier molecular flexibility index (Phi) is 5.66. The van der Waals surface area contributed by atoms with Crippen LogP contribution in [0.2, 0.25) is 19.6 Å². The highest BCUT2D eigenvalue weighted by Crippen LogP contribution is 2.30. The highest BCUT2D eigenvalue weighted by atomic mass is 127. The van der Waals surface area contributed by atoms with Crippen molar-refractivity contribution in [2.24, 2.45) is 0 Å². The molecule has 0 spiro atoms. The minimum absolute atomic E-state index is 0.00666. The number of hydrogen-bond acceptors (Lipinski definition) is 2. The molecule has 0 aromatic carbocycles. The summed E-state index contributed by atoms with van der Waals surface area (Å²) < 4.78 is 30.9. The first-order valence-electron chi connectivity index (χ1n) is 4.80. The van der Waals surface area contributed by atoms with Crippen LogP contribution in [-0.4, -0.2) is 30.1 Å². The fourth-order valence-electron chi connectivity index (χ4n) is 0.851. The zero-order chi connectivity index (χ0) is 12.3. The average Bonchev–Trinajstić information content (AvgIpc) is 2.02. The van der Waals surface area contributed by atoms with E-state index in [1.807, 2.05) is 42.2 Å². The maximum absolute atomic E-state index is 13.3. The van der Waals surface area contributed by atoms with Gasteiger partial charge in [-0.2, -0.15) is 8.78 Å². The second kappa shape index (κ2) is 5.56. The molecule has 15 heavy (non-hydrogen) atoms. The third kappa shape index (κ3) is 5.23. The molecule has 0 N–H and O–H groups in total. The molecule has 0 aliphatic rings. The summed E-state index contributed by atoms with van der Waals surface area (Å²) in [4.78, 5) is 11.0. The van der Waals surface area contributed by atoms with Gasteiger partial charge in [-0.3, -0.25) is 0 Å². The first-order valence-corrected chi connectivity index (χ1v) is 9.62. The van der Waals surface area contributed by atoms with Gasteiger partial charge in [-0.15, -0.1) is 0 Å². The summed E-state index contributed by atoms with van der Waals surface area (Å²) in [5.74, 6) is -4.74. The lowest BCUT2D eigenvalue weighted by atomic mass is 10.2. The maximum Gasteiger partial charge on any atom is 0.376 e. The van der Waals surface area contributed by atoms with Crippen molar-refractivity contribution in [1.82, 2.24) is 0 Å². The lowest BCUT2D eigenvalue weighted by molar-refractivity contribution is -0.171. The van der Waals surface area contributed by atoms with Crippen molar-refractivity contribution in [3.63, 3.8) is 0 Å². The molecule has 0 radical (unpaired) electrons. The van der Waals surface area contributed by atoms with Crippen molar-refractivity contribution in [3.05, 3.63) is 0 Å². The smallest absolute Gasteiger partial charge is 0.376 e. The second-order valence-corrected chi connectivity index (χ2v) is 12.6. The van der Waals surface area contributed by atoms with E-state index in [2.05, 4.69) is 4.74 Å². The molecule has 6 heteroatoms. The Balaban J connectivity index is 4.43. The quantitative estimate of drug-likeness (QED) is 0.329. The minimum Gasteiger partial charge on any atom is -0.462 e. The fourth-order valence-corrected chi connectivity index (χ4v) is 2.27. The van der Waals surface area contributed by atoms with Crippen LogP contribution in [0.5, 0.6) is 0 Å². The van der Waals surface area contributed by atoms with E-state index in [1.54, 1.807) is 0 Å². The molecule has 0 saturated heterocycles. The summed E-state index contributed by atoms with van der Waals surface area (Å²) in [5, 5.41) is 0. The van der Waals surface area contributed by atoms with Gasteiger partial charge < -0.3 is 4.74 Å². The standard InChI is InChI=1S/C9H17F2IO2Si/c1-5-14-8(13)9(10,11)6-7(12)15(2,3)4/h7H,5-6H2,1-4H3. The number of esters is 1. The van der Waals surface area contributed by atoms with E-state index in [0.29, 0.717) is 0 Å². The lowest BCUT2D eigenvalue weighted by Crippen LogP contribution is -2.41. The van der Waals surface area contributed by atoms with E-state index in [0.717, 1.165) is 0 Å². The van der Waals surface area contributed by atoms with Gasteiger partial charge in [0, 0.05) is 9.97 Å². The summed E-state index contributed by atoms with van der Waals surface area (Å²) in [7, 11) is -1.64. The van der Waals surface area contributed by atoms with Gasteiger partial charge >= 0.3 is 11.9 Å². The molecule has 1 atom stereocenters. The van der Waals surface area contributed by atoms with Gasteiger partial charge in [0.1, 0.15) is 0 Å². The summed E-state index contributed by atoms with van der Waals surface area (Å²) in [6, 6.07) is 0. The van der Waals surface area contributed by atoms with E-state index in [4.69, 9.17) is 0 Å². The minimum atomic E-state index is -3.35. The maximum atomic E-state index is 13.3. The van der Waals surface area contributed by atoms with Gasteiger partial charge in [-0.25, -0.2) is 4.79 Å². The van der Waals surface area contributed by atoms with Crippen LogP contribution in [0.25, 0.3) is 0 Å². The van der Waals surface area contributed by atoms with Gasteiger partial charge in [-0.1, -0.05) is 42.2 Å². The molecule has 0 aromatic heterocycles. The highest BCUT2D eigenvalue weighted by Gasteiger charge is 2.44. The predicted octanol–water partition coefficient (Wildman–Crippen LogP) is 3.26. The Bertz CT molecular complexity index is 229. The fraction of sp³-hybridized carbons (Fsp3) is 0.889. The number of ether oxygens (including phenoxy) is 1. The molecule has 0 rings (SSSR count). The molecule has 0 amide bonds. The van der Waals surface area contributed by atoms with Gasteiger partial charge in [0.25, 0.3) is 0 Å². The number of rotatable bonds is 5. The number of alkyl halides is 3.